The summed E-state index contributed by atoms with van der Waals surface area (Å²) in [5.41, 5.74) is -0.672. The van der Waals surface area contributed by atoms with Crippen molar-refractivity contribution < 1.29 is 18.0 Å². The summed E-state index contributed by atoms with van der Waals surface area (Å²) >= 11 is 0. The SMILES string of the molecule is CCC(C)(C)C(=O)ONS(=O)(=O)C1CCCCC1. The molecule has 0 aromatic rings. The van der Waals surface area contributed by atoms with Crippen molar-refractivity contribution in [1.82, 2.24) is 4.89 Å². The minimum atomic E-state index is -3.54. The molecule has 0 radical (unpaired) electrons. The van der Waals surface area contributed by atoms with Crippen LogP contribution < -0.4 is 4.89 Å². The summed E-state index contributed by atoms with van der Waals surface area (Å²) in [6.45, 7) is 5.31. The first-order valence-corrected chi connectivity index (χ1v) is 8.06. The lowest BCUT2D eigenvalue weighted by atomic mass is 9.91. The van der Waals surface area contributed by atoms with E-state index in [-0.39, 0.29) is 0 Å². The van der Waals surface area contributed by atoms with E-state index in [9.17, 15) is 13.2 Å². The van der Waals surface area contributed by atoms with E-state index in [4.69, 9.17) is 4.84 Å². The van der Waals surface area contributed by atoms with Gasteiger partial charge in [-0.05, 0) is 38.0 Å². The quantitative estimate of drug-likeness (QED) is 0.781. The number of carbonyl (C=O) groups is 1. The number of rotatable bonds is 5. The summed E-state index contributed by atoms with van der Waals surface area (Å²) < 4.78 is 23.8. The maximum atomic E-state index is 11.9. The van der Waals surface area contributed by atoms with Gasteiger partial charge in [-0.2, -0.15) is 0 Å². The maximum absolute atomic E-state index is 11.9. The van der Waals surface area contributed by atoms with Crippen LogP contribution in [0, 0.1) is 5.41 Å². The lowest BCUT2D eigenvalue weighted by Gasteiger charge is -2.23. The Morgan fingerprint density at radius 1 is 1.28 bits per heavy atom. The number of carbonyl (C=O) groups excluding carboxylic acids is 1. The molecule has 1 saturated carbocycles. The van der Waals surface area contributed by atoms with E-state index < -0.39 is 26.7 Å². The Kier molecular flexibility index (Phi) is 5.16. The van der Waals surface area contributed by atoms with Crippen LogP contribution in [-0.4, -0.2) is 19.6 Å². The number of hydrogen-bond acceptors (Lipinski definition) is 4. The zero-order chi connectivity index (χ0) is 13.8. The molecule has 1 N–H and O–H groups in total. The van der Waals surface area contributed by atoms with Crippen molar-refractivity contribution in [3.63, 3.8) is 0 Å². The van der Waals surface area contributed by atoms with Gasteiger partial charge in [-0.1, -0.05) is 26.2 Å². The Morgan fingerprint density at radius 2 is 1.83 bits per heavy atom. The third kappa shape index (κ3) is 3.95. The van der Waals surface area contributed by atoms with Gasteiger partial charge in [0.2, 0.25) is 10.0 Å². The van der Waals surface area contributed by atoms with Gasteiger partial charge in [0.1, 0.15) is 0 Å². The van der Waals surface area contributed by atoms with Gasteiger partial charge in [-0.15, -0.1) is 0 Å². The molecule has 0 aromatic carbocycles. The molecule has 0 amide bonds. The monoisotopic (exact) mass is 277 g/mol. The molecule has 1 fully saturated rings. The van der Waals surface area contributed by atoms with Gasteiger partial charge in [0.05, 0.1) is 10.7 Å². The molecule has 0 saturated heterocycles. The van der Waals surface area contributed by atoms with Crippen LogP contribution in [0.2, 0.25) is 0 Å². The van der Waals surface area contributed by atoms with E-state index in [1.165, 1.54) is 0 Å². The topological polar surface area (TPSA) is 72.5 Å². The van der Waals surface area contributed by atoms with Crippen molar-refractivity contribution in [1.29, 1.82) is 0 Å². The molecule has 6 heteroatoms. The Hall–Kier alpha value is -0.620. The van der Waals surface area contributed by atoms with Crippen LogP contribution in [0.15, 0.2) is 0 Å². The molecule has 0 spiro atoms. The van der Waals surface area contributed by atoms with Crippen LogP contribution in [0.5, 0.6) is 0 Å². The van der Waals surface area contributed by atoms with Crippen molar-refractivity contribution in [2.24, 2.45) is 5.41 Å². The highest BCUT2D eigenvalue weighted by atomic mass is 32.2. The zero-order valence-corrected chi connectivity index (χ0v) is 12.2. The van der Waals surface area contributed by atoms with Crippen molar-refractivity contribution in [3.8, 4) is 0 Å². The highest BCUT2D eigenvalue weighted by Gasteiger charge is 2.32. The zero-order valence-electron chi connectivity index (χ0n) is 11.4. The fourth-order valence-corrected chi connectivity index (χ4v) is 3.10. The van der Waals surface area contributed by atoms with Gasteiger partial charge in [0.25, 0.3) is 0 Å². The Bertz CT molecular complexity index is 383. The summed E-state index contributed by atoms with van der Waals surface area (Å²) in [5, 5.41) is -0.427. The summed E-state index contributed by atoms with van der Waals surface area (Å²) in [7, 11) is -3.54. The Balaban J connectivity index is 2.54. The second-order valence-electron chi connectivity index (χ2n) is 5.52. The molecule has 18 heavy (non-hydrogen) atoms. The van der Waals surface area contributed by atoms with Crippen molar-refractivity contribution in [2.45, 2.75) is 64.5 Å². The Morgan fingerprint density at radius 3 is 2.33 bits per heavy atom. The van der Waals surface area contributed by atoms with Gasteiger partial charge in [0, 0.05) is 0 Å². The van der Waals surface area contributed by atoms with Gasteiger partial charge < -0.3 is 4.84 Å². The smallest absolute Gasteiger partial charge is 0.331 e. The second kappa shape index (κ2) is 6.02. The number of hydrogen-bond donors (Lipinski definition) is 1. The first kappa shape index (κ1) is 15.4. The largest absolute Gasteiger partial charge is 0.355 e. The maximum Gasteiger partial charge on any atom is 0.331 e. The first-order valence-electron chi connectivity index (χ1n) is 6.51. The summed E-state index contributed by atoms with van der Waals surface area (Å²) in [6, 6.07) is 0. The van der Waals surface area contributed by atoms with Crippen LogP contribution in [-0.2, 0) is 19.7 Å². The van der Waals surface area contributed by atoms with E-state index >= 15 is 0 Å². The van der Waals surface area contributed by atoms with Gasteiger partial charge in [-0.3, -0.25) is 0 Å². The second-order valence-corrected chi connectivity index (χ2v) is 7.44. The van der Waals surface area contributed by atoms with Crippen molar-refractivity contribution >= 4 is 16.0 Å². The van der Waals surface area contributed by atoms with Crippen LogP contribution in [0.1, 0.15) is 59.3 Å². The predicted molar refractivity (Wildman–Crippen MR) is 69.1 cm³/mol. The fraction of sp³-hybridized carbons (Fsp3) is 0.917. The molecule has 1 rings (SSSR count). The molecule has 5 nitrogen and oxygen atoms in total. The summed E-state index contributed by atoms with van der Waals surface area (Å²) in [5.74, 6) is -0.538. The minimum Gasteiger partial charge on any atom is -0.355 e. The van der Waals surface area contributed by atoms with Crippen LogP contribution in [0.25, 0.3) is 0 Å². The number of sulfonamides is 1. The molecule has 1 aliphatic rings. The number of nitrogens with one attached hydrogen (secondary N) is 1. The van der Waals surface area contributed by atoms with E-state index in [2.05, 4.69) is 0 Å². The molecule has 106 valence electrons. The average Bonchev–Trinajstić information content (AvgIpc) is 2.37. The van der Waals surface area contributed by atoms with E-state index in [1.807, 2.05) is 11.8 Å². The third-order valence-electron chi connectivity index (χ3n) is 3.68. The van der Waals surface area contributed by atoms with E-state index in [0.717, 1.165) is 19.3 Å². The van der Waals surface area contributed by atoms with E-state index in [0.29, 0.717) is 19.3 Å². The molecule has 0 bridgehead atoms. The normalized spacial score (nSPS) is 18.6. The predicted octanol–water partition coefficient (Wildman–Crippen LogP) is 2.13. The lowest BCUT2D eigenvalue weighted by molar-refractivity contribution is -0.157. The molecular formula is C12H23NO4S. The van der Waals surface area contributed by atoms with E-state index in [1.54, 1.807) is 13.8 Å². The fourth-order valence-electron chi connectivity index (χ4n) is 1.82. The molecule has 1 aliphatic carbocycles. The molecule has 0 aromatic heterocycles. The molecule has 0 atom stereocenters. The molecular weight excluding hydrogens is 254 g/mol. The average molecular weight is 277 g/mol. The molecule has 0 aliphatic heterocycles. The molecule has 0 heterocycles. The van der Waals surface area contributed by atoms with Crippen LogP contribution >= 0.6 is 0 Å². The summed E-state index contributed by atoms with van der Waals surface area (Å²) in [6.07, 6.45) is 4.79. The Labute approximate surface area is 109 Å². The highest BCUT2D eigenvalue weighted by molar-refractivity contribution is 7.90. The summed E-state index contributed by atoms with van der Waals surface area (Å²) in [4.78, 5) is 18.4. The van der Waals surface area contributed by atoms with Crippen molar-refractivity contribution in [3.05, 3.63) is 0 Å². The third-order valence-corrected chi connectivity index (χ3v) is 5.34. The standard InChI is InChI=1S/C12H23NO4S/c1-4-12(2,3)11(14)17-13-18(15,16)10-8-6-5-7-9-10/h10,13H,4-9H2,1-3H3. The minimum absolute atomic E-state index is 0.427. The van der Waals surface area contributed by atoms with Gasteiger partial charge in [0.15, 0.2) is 0 Å². The lowest BCUT2D eigenvalue weighted by Crippen LogP contribution is -2.39. The van der Waals surface area contributed by atoms with Crippen LogP contribution in [0.3, 0.4) is 0 Å². The van der Waals surface area contributed by atoms with Gasteiger partial charge >= 0.3 is 5.97 Å². The van der Waals surface area contributed by atoms with Gasteiger partial charge in [-0.25, -0.2) is 13.2 Å². The molecule has 0 unspecified atom stereocenters. The van der Waals surface area contributed by atoms with Crippen LogP contribution in [0.4, 0.5) is 0 Å². The first-order chi connectivity index (χ1) is 8.29. The van der Waals surface area contributed by atoms with Crippen molar-refractivity contribution in [2.75, 3.05) is 0 Å². The highest BCUT2D eigenvalue weighted by Crippen LogP contribution is 2.24.